The Morgan fingerprint density at radius 2 is 2.15 bits per heavy atom. The smallest absolute Gasteiger partial charge is 0.242 e. The van der Waals surface area contributed by atoms with Crippen LogP contribution in [0.1, 0.15) is 27.2 Å². The summed E-state index contributed by atoms with van der Waals surface area (Å²) in [4.78, 5) is 16.5. The lowest BCUT2D eigenvalue weighted by atomic mass is 10.0. The Morgan fingerprint density at radius 1 is 1.38 bits per heavy atom. The Balaban J connectivity index is 2.17. The number of nitrogens with one attached hydrogen (secondary N) is 2. The first kappa shape index (κ1) is 20.1. The monoisotopic (exact) mass is 379 g/mol. The second-order valence-corrected chi connectivity index (χ2v) is 7.71. The Kier molecular flexibility index (Phi) is 7.35. The molecule has 2 aromatic rings. The lowest BCUT2D eigenvalue weighted by Crippen LogP contribution is -2.42. The molecule has 2 atom stereocenters. The number of oxazole rings is 1. The van der Waals surface area contributed by atoms with E-state index in [-0.39, 0.29) is 11.8 Å². The van der Waals surface area contributed by atoms with Crippen molar-refractivity contribution in [2.24, 2.45) is 5.92 Å². The first-order chi connectivity index (χ1) is 12.4. The van der Waals surface area contributed by atoms with E-state index in [4.69, 9.17) is 9.15 Å². The van der Waals surface area contributed by atoms with Crippen LogP contribution in [0, 0.1) is 5.92 Å². The van der Waals surface area contributed by atoms with Crippen molar-refractivity contribution < 1.29 is 18.2 Å². The van der Waals surface area contributed by atoms with Crippen molar-refractivity contribution in [3.63, 3.8) is 0 Å². The fourth-order valence-corrected chi connectivity index (χ4v) is 3.16. The average Bonchev–Trinajstić information content (AvgIpc) is 3.14. The number of rotatable bonds is 9. The standard InChI is InChI=1S/C18H25N3O4S/c1-5-26(23)21-15(8-12(2)3)18(22)20-13-6-7-14(16(9-13)24-4)17-10-19-11-25-17/h6-7,9-12,15,21H,5,8H2,1-4H3,(H,20,22). The third kappa shape index (κ3) is 5.40. The summed E-state index contributed by atoms with van der Waals surface area (Å²) in [6, 6.07) is 4.75. The molecule has 0 fully saturated rings. The maximum atomic E-state index is 12.6. The highest BCUT2D eigenvalue weighted by molar-refractivity contribution is 7.83. The molecular formula is C18H25N3O4S. The van der Waals surface area contributed by atoms with Crippen LogP contribution in [0.5, 0.6) is 5.75 Å². The van der Waals surface area contributed by atoms with Gasteiger partial charge in [-0.05, 0) is 24.5 Å². The molecule has 1 aromatic carbocycles. The van der Waals surface area contributed by atoms with Crippen molar-refractivity contribution in [3.05, 3.63) is 30.8 Å². The van der Waals surface area contributed by atoms with Gasteiger partial charge in [0.1, 0.15) is 5.75 Å². The van der Waals surface area contributed by atoms with Gasteiger partial charge in [0.2, 0.25) is 5.91 Å². The van der Waals surface area contributed by atoms with Gasteiger partial charge in [-0.2, -0.15) is 0 Å². The van der Waals surface area contributed by atoms with E-state index >= 15 is 0 Å². The zero-order valence-corrected chi connectivity index (χ0v) is 16.3. The highest BCUT2D eigenvalue weighted by atomic mass is 32.2. The molecule has 2 rings (SSSR count). The van der Waals surface area contributed by atoms with Crippen LogP contribution in [0.2, 0.25) is 0 Å². The second-order valence-electron chi connectivity index (χ2n) is 6.20. The summed E-state index contributed by atoms with van der Waals surface area (Å²) < 4.78 is 25.4. The van der Waals surface area contributed by atoms with E-state index in [9.17, 15) is 9.00 Å². The van der Waals surface area contributed by atoms with Crippen LogP contribution in [0.25, 0.3) is 11.3 Å². The molecule has 7 nitrogen and oxygen atoms in total. The molecule has 1 heterocycles. The van der Waals surface area contributed by atoms with Crippen molar-refractivity contribution >= 4 is 22.6 Å². The Morgan fingerprint density at radius 3 is 2.73 bits per heavy atom. The molecule has 0 aliphatic heterocycles. The maximum Gasteiger partial charge on any atom is 0.242 e. The molecule has 0 radical (unpaired) electrons. The lowest BCUT2D eigenvalue weighted by molar-refractivity contribution is -0.118. The number of hydrogen-bond acceptors (Lipinski definition) is 5. The molecule has 0 saturated carbocycles. The quantitative estimate of drug-likeness (QED) is 0.699. The molecule has 1 aromatic heterocycles. The highest BCUT2D eigenvalue weighted by Crippen LogP contribution is 2.32. The van der Waals surface area contributed by atoms with E-state index in [1.54, 1.807) is 38.4 Å². The molecule has 26 heavy (non-hydrogen) atoms. The van der Waals surface area contributed by atoms with E-state index in [0.717, 1.165) is 5.56 Å². The highest BCUT2D eigenvalue weighted by Gasteiger charge is 2.22. The molecular weight excluding hydrogens is 354 g/mol. The maximum absolute atomic E-state index is 12.6. The average molecular weight is 379 g/mol. The molecule has 0 saturated heterocycles. The number of benzene rings is 1. The third-order valence-corrected chi connectivity index (χ3v) is 4.80. The zero-order chi connectivity index (χ0) is 19.1. The van der Waals surface area contributed by atoms with Crippen LogP contribution >= 0.6 is 0 Å². The molecule has 1 amide bonds. The largest absolute Gasteiger partial charge is 0.496 e. The van der Waals surface area contributed by atoms with E-state index in [2.05, 4.69) is 15.0 Å². The fourth-order valence-electron chi connectivity index (χ4n) is 2.47. The summed E-state index contributed by atoms with van der Waals surface area (Å²) in [6.45, 7) is 5.85. The Hall–Kier alpha value is -2.19. The number of amides is 1. The first-order valence-electron chi connectivity index (χ1n) is 8.46. The van der Waals surface area contributed by atoms with Crippen molar-refractivity contribution in [2.45, 2.75) is 33.2 Å². The van der Waals surface area contributed by atoms with Crippen molar-refractivity contribution in [3.8, 4) is 17.1 Å². The molecule has 2 N–H and O–H groups in total. The molecule has 8 heteroatoms. The summed E-state index contributed by atoms with van der Waals surface area (Å²) in [5, 5.41) is 2.86. The zero-order valence-electron chi connectivity index (χ0n) is 15.4. The summed E-state index contributed by atoms with van der Waals surface area (Å²) in [6.07, 6.45) is 3.53. The van der Waals surface area contributed by atoms with E-state index < -0.39 is 17.0 Å². The summed E-state index contributed by atoms with van der Waals surface area (Å²) in [5.74, 6) is 1.65. The number of anilines is 1. The third-order valence-electron chi connectivity index (χ3n) is 3.73. The topological polar surface area (TPSA) is 93.5 Å². The van der Waals surface area contributed by atoms with Gasteiger partial charge in [0, 0.05) is 17.5 Å². The number of nitrogens with zero attached hydrogens (tertiary/aromatic N) is 1. The summed E-state index contributed by atoms with van der Waals surface area (Å²) in [7, 11) is 0.313. The number of methoxy groups -OCH3 is 1. The van der Waals surface area contributed by atoms with Crippen molar-refractivity contribution in [1.29, 1.82) is 0 Å². The van der Waals surface area contributed by atoms with E-state index in [1.807, 2.05) is 13.8 Å². The minimum absolute atomic E-state index is 0.227. The van der Waals surface area contributed by atoms with Crippen molar-refractivity contribution in [2.75, 3.05) is 18.2 Å². The van der Waals surface area contributed by atoms with Gasteiger partial charge in [0.25, 0.3) is 0 Å². The van der Waals surface area contributed by atoms with Gasteiger partial charge < -0.3 is 14.5 Å². The van der Waals surface area contributed by atoms with Gasteiger partial charge in [-0.15, -0.1) is 0 Å². The fraction of sp³-hybridized carbons (Fsp3) is 0.444. The minimum Gasteiger partial charge on any atom is -0.496 e. The predicted molar refractivity (Wildman–Crippen MR) is 102 cm³/mol. The first-order valence-corrected chi connectivity index (χ1v) is 9.78. The molecule has 2 unspecified atom stereocenters. The molecule has 0 aliphatic rings. The normalized spacial score (nSPS) is 13.4. The summed E-state index contributed by atoms with van der Waals surface area (Å²) >= 11 is 0. The number of carbonyl (C=O) groups excluding carboxylic acids is 1. The van der Waals surface area contributed by atoms with Gasteiger partial charge in [-0.25, -0.2) is 13.9 Å². The van der Waals surface area contributed by atoms with Crippen LogP contribution in [-0.4, -0.2) is 34.0 Å². The van der Waals surface area contributed by atoms with Gasteiger partial charge in [0.05, 0.1) is 35.9 Å². The van der Waals surface area contributed by atoms with Crippen LogP contribution in [0.3, 0.4) is 0 Å². The second kappa shape index (κ2) is 9.49. The van der Waals surface area contributed by atoms with Gasteiger partial charge in [-0.3, -0.25) is 4.79 Å². The van der Waals surface area contributed by atoms with E-state index in [1.165, 1.54) is 6.39 Å². The number of aromatic nitrogens is 1. The van der Waals surface area contributed by atoms with Gasteiger partial charge in [0.15, 0.2) is 12.2 Å². The molecule has 142 valence electrons. The lowest BCUT2D eigenvalue weighted by Gasteiger charge is -2.19. The van der Waals surface area contributed by atoms with Gasteiger partial charge >= 0.3 is 0 Å². The number of hydrogen-bond donors (Lipinski definition) is 2. The minimum atomic E-state index is -1.24. The number of carbonyl (C=O) groups is 1. The predicted octanol–water partition coefficient (Wildman–Crippen LogP) is 2.98. The SMILES string of the molecule is CCS(=O)NC(CC(C)C)C(=O)Nc1ccc(-c2cnco2)c(OC)c1. The van der Waals surface area contributed by atoms with Crippen molar-refractivity contribution in [1.82, 2.24) is 9.71 Å². The van der Waals surface area contributed by atoms with E-state index in [0.29, 0.717) is 29.4 Å². The van der Waals surface area contributed by atoms with Crippen LogP contribution in [-0.2, 0) is 15.8 Å². The Labute approximate surface area is 156 Å². The number of ether oxygens (including phenoxy) is 1. The molecule has 0 aliphatic carbocycles. The van der Waals surface area contributed by atoms with Crippen LogP contribution in [0.15, 0.2) is 35.2 Å². The van der Waals surface area contributed by atoms with Gasteiger partial charge in [-0.1, -0.05) is 20.8 Å². The molecule has 0 bridgehead atoms. The Bertz CT molecular complexity index is 747. The summed E-state index contributed by atoms with van der Waals surface area (Å²) in [5.41, 5.74) is 1.33. The van der Waals surface area contributed by atoms with Crippen LogP contribution in [0.4, 0.5) is 5.69 Å². The molecule has 0 spiro atoms. The van der Waals surface area contributed by atoms with Crippen LogP contribution < -0.4 is 14.8 Å².